The van der Waals surface area contributed by atoms with Crippen molar-refractivity contribution < 1.29 is 9.53 Å². The van der Waals surface area contributed by atoms with E-state index >= 15 is 0 Å². The summed E-state index contributed by atoms with van der Waals surface area (Å²) in [6.45, 7) is 2.64. The summed E-state index contributed by atoms with van der Waals surface area (Å²) >= 11 is 1.26. The predicted octanol–water partition coefficient (Wildman–Crippen LogP) is 0.506. The summed E-state index contributed by atoms with van der Waals surface area (Å²) in [6.07, 6.45) is 1.44. The minimum atomic E-state index is -0.301. The molecule has 17 heavy (non-hydrogen) atoms. The number of hydrogen-bond acceptors (Lipinski definition) is 7. The number of rotatable bonds is 4. The summed E-state index contributed by atoms with van der Waals surface area (Å²) in [4.78, 5) is 19.3. The van der Waals surface area contributed by atoms with Gasteiger partial charge < -0.3 is 4.74 Å². The maximum atomic E-state index is 11.1. The number of fused-ring (bicyclic) bond motifs is 1. The predicted molar refractivity (Wildman–Crippen MR) is 61.5 cm³/mol. The van der Waals surface area contributed by atoms with E-state index in [1.807, 2.05) is 6.92 Å². The lowest BCUT2D eigenvalue weighted by atomic mass is 10.5. The van der Waals surface area contributed by atoms with Gasteiger partial charge in [0.25, 0.3) is 0 Å². The zero-order chi connectivity index (χ0) is 12.3. The number of carbonyl (C=O) groups excluding carboxylic acids is 1. The lowest BCUT2D eigenvalue weighted by Crippen LogP contribution is -2.03. The monoisotopic (exact) mass is 253 g/mol. The summed E-state index contributed by atoms with van der Waals surface area (Å²) < 4.78 is 6.25. The van der Waals surface area contributed by atoms with Crippen molar-refractivity contribution in [2.24, 2.45) is 0 Å². The Bertz CT molecular complexity index is 541. The van der Waals surface area contributed by atoms with Crippen LogP contribution in [-0.4, -0.2) is 43.8 Å². The molecule has 0 fully saturated rings. The Morgan fingerprint density at radius 3 is 3.06 bits per heavy atom. The van der Waals surface area contributed by atoms with Gasteiger partial charge in [-0.25, -0.2) is 14.6 Å². The highest BCUT2D eigenvalue weighted by atomic mass is 32.2. The number of esters is 1. The van der Waals surface area contributed by atoms with Crippen molar-refractivity contribution in [2.45, 2.75) is 18.5 Å². The Labute approximate surface area is 102 Å². The van der Waals surface area contributed by atoms with Gasteiger partial charge >= 0.3 is 5.97 Å². The molecule has 2 rings (SSSR count). The molecule has 90 valence electrons. The summed E-state index contributed by atoms with van der Waals surface area (Å²) in [5.74, 6) is -0.105. The topological polar surface area (TPSA) is 82.8 Å². The first-order valence-corrected chi connectivity index (χ1v) is 5.98. The van der Waals surface area contributed by atoms with E-state index < -0.39 is 0 Å². The van der Waals surface area contributed by atoms with Gasteiger partial charge in [-0.1, -0.05) is 17.0 Å². The maximum Gasteiger partial charge on any atom is 0.316 e. The number of thioether (sulfide) groups is 1. The minimum Gasteiger partial charge on any atom is -0.468 e. The van der Waals surface area contributed by atoms with Crippen LogP contribution in [0.3, 0.4) is 0 Å². The van der Waals surface area contributed by atoms with Gasteiger partial charge in [0.15, 0.2) is 11.2 Å². The molecule has 2 heterocycles. The van der Waals surface area contributed by atoms with Gasteiger partial charge in [-0.15, -0.1) is 5.10 Å². The summed E-state index contributed by atoms with van der Waals surface area (Å²) in [5.41, 5.74) is 1.29. The summed E-state index contributed by atoms with van der Waals surface area (Å²) in [6, 6.07) is 0. The van der Waals surface area contributed by atoms with Gasteiger partial charge in [0, 0.05) is 6.54 Å². The molecule has 7 nitrogen and oxygen atoms in total. The fourth-order valence-corrected chi connectivity index (χ4v) is 2.04. The molecule has 2 aromatic heterocycles. The molecule has 0 aliphatic carbocycles. The van der Waals surface area contributed by atoms with Crippen LogP contribution in [0.5, 0.6) is 0 Å². The molecule has 2 aromatic rings. The van der Waals surface area contributed by atoms with Crippen molar-refractivity contribution in [3.63, 3.8) is 0 Å². The largest absolute Gasteiger partial charge is 0.468 e. The molecule has 0 aromatic carbocycles. The van der Waals surface area contributed by atoms with Crippen LogP contribution >= 0.6 is 11.8 Å². The van der Waals surface area contributed by atoms with Gasteiger partial charge in [0.1, 0.15) is 11.4 Å². The van der Waals surface area contributed by atoms with E-state index in [0.29, 0.717) is 22.7 Å². The Kier molecular flexibility index (Phi) is 3.52. The molecular weight excluding hydrogens is 242 g/mol. The highest BCUT2D eigenvalue weighted by Crippen LogP contribution is 2.22. The van der Waals surface area contributed by atoms with Crippen LogP contribution in [0.4, 0.5) is 0 Å². The third-order valence-electron chi connectivity index (χ3n) is 2.12. The van der Waals surface area contributed by atoms with Crippen LogP contribution in [0.2, 0.25) is 0 Å². The molecule has 0 atom stereocenters. The van der Waals surface area contributed by atoms with E-state index in [4.69, 9.17) is 0 Å². The second kappa shape index (κ2) is 5.09. The van der Waals surface area contributed by atoms with Crippen molar-refractivity contribution >= 4 is 28.9 Å². The van der Waals surface area contributed by atoms with Crippen LogP contribution < -0.4 is 0 Å². The normalized spacial score (nSPS) is 10.7. The molecule has 0 unspecified atom stereocenters. The van der Waals surface area contributed by atoms with Crippen molar-refractivity contribution in [1.29, 1.82) is 0 Å². The highest BCUT2D eigenvalue weighted by molar-refractivity contribution is 8.00. The number of ether oxygens (including phenoxy) is 1. The lowest BCUT2D eigenvalue weighted by Gasteiger charge is -2.00. The van der Waals surface area contributed by atoms with Gasteiger partial charge in [-0.3, -0.25) is 4.79 Å². The first kappa shape index (κ1) is 11.8. The Hall–Kier alpha value is -1.70. The molecule has 8 heteroatoms. The fourth-order valence-electron chi connectivity index (χ4n) is 1.28. The number of carbonyl (C=O) groups is 1. The molecule has 0 saturated carbocycles. The molecule has 0 spiro atoms. The van der Waals surface area contributed by atoms with Gasteiger partial charge in [0.2, 0.25) is 0 Å². The van der Waals surface area contributed by atoms with Gasteiger partial charge in [-0.2, -0.15) is 0 Å². The van der Waals surface area contributed by atoms with Crippen molar-refractivity contribution in [3.05, 3.63) is 6.33 Å². The van der Waals surface area contributed by atoms with E-state index in [2.05, 4.69) is 25.0 Å². The number of hydrogen-bond donors (Lipinski definition) is 0. The minimum absolute atomic E-state index is 0.196. The average molecular weight is 253 g/mol. The van der Waals surface area contributed by atoms with Crippen LogP contribution in [0.15, 0.2) is 11.4 Å². The van der Waals surface area contributed by atoms with E-state index in [0.717, 1.165) is 0 Å². The fraction of sp³-hybridized carbons (Fsp3) is 0.444. The molecular formula is C9H11N5O2S. The maximum absolute atomic E-state index is 11.1. The zero-order valence-electron chi connectivity index (χ0n) is 9.45. The Balaban J connectivity index is 2.28. The third kappa shape index (κ3) is 2.36. The Morgan fingerprint density at radius 1 is 1.53 bits per heavy atom. The van der Waals surface area contributed by atoms with E-state index in [-0.39, 0.29) is 11.7 Å². The average Bonchev–Trinajstić information content (AvgIpc) is 2.79. The van der Waals surface area contributed by atoms with Gasteiger partial charge in [-0.05, 0) is 6.92 Å². The van der Waals surface area contributed by atoms with E-state index in [1.165, 1.54) is 25.2 Å². The van der Waals surface area contributed by atoms with Crippen molar-refractivity contribution in [3.8, 4) is 0 Å². The smallest absolute Gasteiger partial charge is 0.316 e. The van der Waals surface area contributed by atoms with E-state index in [9.17, 15) is 4.79 Å². The molecule has 0 amide bonds. The SMILES string of the molecule is CCn1nnc2c(SCC(=O)OC)ncnc21. The van der Waals surface area contributed by atoms with Crippen LogP contribution in [0.25, 0.3) is 11.2 Å². The molecule has 0 bridgehead atoms. The van der Waals surface area contributed by atoms with E-state index in [1.54, 1.807) is 4.68 Å². The summed E-state index contributed by atoms with van der Waals surface area (Å²) in [5, 5.41) is 8.60. The lowest BCUT2D eigenvalue weighted by molar-refractivity contribution is -0.137. The summed E-state index contributed by atoms with van der Waals surface area (Å²) in [7, 11) is 1.35. The first-order valence-electron chi connectivity index (χ1n) is 5.00. The molecule has 0 aliphatic heterocycles. The van der Waals surface area contributed by atoms with Crippen molar-refractivity contribution in [2.75, 3.05) is 12.9 Å². The number of aromatic nitrogens is 5. The number of aryl methyl sites for hydroxylation is 1. The second-order valence-corrected chi connectivity index (χ2v) is 4.09. The molecule has 0 N–H and O–H groups in total. The van der Waals surface area contributed by atoms with Crippen molar-refractivity contribution in [1.82, 2.24) is 25.0 Å². The number of nitrogens with zero attached hydrogens (tertiary/aromatic N) is 5. The standard InChI is InChI=1S/C9H11N5O2S/c1-3-14-8-7(12-13-14)9(11-5-10-8)17-4-6(15)16-2/h5H,3-4H2,1-2H3. The van der Waals surface area contributed by atoms with Crippen LogP contribution in [0.1, 0.15) is 6.92 Å². The molecule has 0 radical (unpaired) electrons. The highest BCUT2D eigenvalue weighted by Gasteiger charge is 2.12. The third-order valence-corrected chi connectivity index (χ3v) is 3.07. The quantitative estimate of drug-likeness (QED) is 0.446. The Morgan fingerprint density at radius 2 is 2.35 bits per heavy atom. The second-order valence-electron chi connectivity index (χ2n) is 3.12. The number of methoxy groups -OCH3 is 1. The molecule has 0 saturated heterocycles. The van der Waals surface area contributed by atoms with Crippen LogP contribution in [0, 0.1) is 0 Å². The first-order chi connectivity index (χ1) is 8.26. The zero-order valence-corrected chi connectivity index (χ0v) is 10.3. The van der Waals surface area contributed by atoms with Gasteiger partial charge in [0.05, 0.1) is 12.9 Å². The van der Waals surface area contributed by atoms with Crippen LogP contribution in [-0.2, 0) is 16.1 Å². The molecule has 0 aliphatic rings.